The lowest BCUT2D eigenvalue weighted by Gasteiger charge is -2.14. The van der Waals surface area contributed by atoms with Gasteiger partial charge in [0.2, 0.25) is 0 Å². The number of nitrogens with one attached hydrogen (secondary N) is 1. The molecule has 5 nitrogen and oxygen atoms in total. The van der Waals surface area contributed by atoms with Crippen molar-refractivity contribution in [3.8, 4) is 18.1 Å². The average Bonchev–Trinajstić information content (AvgIpc) is 2.38. The van der Waals surface area contributed by atoms with E-state index in [0.29, 0.717) is 11.4 Å². The minimum absolute atomic E-state index is 0.0364. The summed E-state index contributed by atoms with van der Waals surface area (Å²) in [5, 5.41) is 14.0. The molecule has 0 amide bonds. The fourth-order valence-electron chi connectivity index (χ4n) is 1.59. The van der Waals surface area contributed by atoms with Crippen LogP contribution in [0.1, 0.15) is 19.8 Å². The summed E-state index contributed by atoms with van der Waals surface area (Å²) < 4.78 is 4.97. The first-order chi connectivity index (χ1) is 8.62. The van der Waals surface area contributed by atoms with Crippen molar-refractivity contribution >= 4 is 11.4 Å². The Morgan fingerprint density at radius 3 is 2.83 bits per heavy atom. The van der Waals surface area contributed by atoms with Gasteiger partial charge in [-0.25, -0.2) is 0 Å². The number of methoxy groups -OCH3 is 1. The van der Waals surface area contributed by atoms with Crippen molar-refractivity contribution in [3.63, 3.8) is 0 Å². The number of nitro groups is 1. The van der Waals surface area contributed by atoms with Crippen LogP contribution >= 0.6 is 0 Å². The van der Waals surface area contributed by atoms with Gasteiger partial charge in [0.1, 0.15) is 11.4 Å². The normalized spacial score (nSPS) is 11.4. The zero-order chi connectivity index (χ0) is 13.5. The molecule has 5 heteroatoms. The van der Waals surface area contributed by atoms with Gasteiger partial charge < -0.3 is 10.1 Å². The van der Waals surface area contributed by atoms with E-state index in [-0.39, 0.29) is 11.7 Å². The topological polar surface area (TPSA) is 64.4 Å². The number of nitro benzene ring substituents is 1. The molecule has 0 aromatic heterocycles. The van der Waals surface area contributed by atoms with Gasteiger partial charge in [0.05, 0.1) is 24.1 Å². The molecule has 0 fully saturated rings. The van der Waals surface area contributed by atoms with Crippen LogP contribution in [-0.4, -0.2) is 18.1 Å². The van der Waals surface area contributed by atoms with E-state index in [1.165, 1.54) is 13.2 Å². The Kier molecular flexibility index (Phi) is 5.00. The molecule has 1 N–H and O–H groups in total. The maximum Gasteiger partial charge on any atom is 0.296 e. The van der Waals surface area contributed by atoms with Crippen LogP contribution in [0, 0.1) is 22.5 Å². The molecule has 96 valence electrons. The van der Waals surface area contributed by atoms with E-state index in [0.717, 1.165) is 12.8 Å². The number of anilines is 1. The quantitative estimate of drug-likeness (QED) is 0.477. The molecule has 1 rings (SSSR count). The molecule has 0 heterocycles. The Balaban J connectivity index is 3.01. The highest BCUT2D eigenvalue weighted by Crippen LogP contribution is 2.29. The predicted octanol–water partition coefficient (Wildman–Crippen LogP) is 2.82. The molecule has 0 aliphatic heterocycles. The van der Waals surface area contributed by atoms with Gasteiger partial charge in [-0.1, -0.05) is 19.3 Å². The van der Waals surface area contributed by atoms with Gasteiger partial charge in [-0.3, -0.25) is 10.1 Å². The van der Waals surface area contributed by atoms with Gasteiger partial charge in [-0.15, -0.1) is 6.42 Å². The number of nitrogens with zero attached hydrogens (tertiary/aromatic N) is 1. The van der Waals surface area contributed by atoms with E-state index in [4.69, 9.17) is 11.2 Å². The molecule has 18 heavy (non-hydrogen) atoms. The molecule has 1 atom stereocenters. The van der Waals surface area contributed by atoms with Gasteiger partial charge in [0, 0.05) is 0 Å². The zero-order valence-electron chi connectivity index (χ0n) is 10.5. The second-order valence-corrected chi connectivity index (χ2v) is 3.79. The summed E-state index contributed by atoms with van der Waals surface area (Å²) in [4.78, 5) is 10.5. The number of hydrogen-bond acceptors (Lipinski definition) is 4. The number of hydrogen-bond donors (Lipinski definition) is 1. The first kappa shape index (κ1) is 13.8. The second-order valence-electron chi connectivity index (χ2n) is 3.79. The highest BCUT2D eigenvalue weighted by Gasteiger charge is 2.17. The molecule has 0 saturated carbocycles. The summed E-state index contributed by atoms with van der Waals surface area (Å²) in [6.07, 6.45) is 7.05. The van der Waals surface area contributed by atoms with E-state index in [2.05, 4.69) is 11.2 Å². The maximum atomic E-state index is 11.0. The van der Waals surface area contributed by atoms with Crippen molar-refractivity contribution in [3.05, 3.63) is 28.3 Å². The van der Waals surface area contributed by atoms with Crippen LogP contribution < -0.4 is 10.1 Å². The third-order valence-electron chi connectivity index (χ3n) is 2.51. The van der Waals surface area contributed by atoms with Crippen LogP contribution in [-0.2, 0) is 0 Å². The molecule has 1 aromatic rings. The summed E-state index contributed by atoms with van der Waals surface area (Å²) in [6.45, 7) is 2.01. The third-order valence-corrected chi connectivity index (χ3v) is 2.51. The first-order valence-electron chi connectivity index (χ1n) is 5.67. The summed E-state index contributed by atoms with van der Waals surface area (Å²) in [5.41, 5.74) is 0.378. The lowest BCUT2D eigenvalue weighted by Crippen LogP contribution is -2.17. The SMILES string of the molecule is C#CC(CCC)Nc1ccc(OC)cc1[N+](=O)[O-]. The predicted molar refractivity (Wildman–Crippen MR) is 70.8 cm³/mol. The van der Waals surface area contributed by atoms with E-state index in [1.54, 1.807) is 12.1 Å². The molecule has 0 saturated heterocycles. The molecule has 0 bridgehead atoms. The van der Waals surface area contributed by atoms with Crippen LogP contribution in [0.25, 0.3) is 0 Å². The largest absolute Gasteiger partial charge is 0.496 e. The summed E-state index contributed by atoms with van der Waals surface area (Å²) in [6, 6.07) is 4.44. The summed E-state index contributed by atoms with van der Waals surface area (Å²) in [7, 11) is 1.47. The Morgan fingerprint density at radius 1 is 1.61 bits per heavy atom. The lowest BCUT2D eigenvalue weighted by molar-refractivity contribution is -0.384. The molecule has 0 aliphatic carbocycles. The van der Waals surface area contributed by atoms with Crippen LogP contribution in [0.2, 0.25) is 0 Å². The number of benzene rings is 1. The fraction of sp³-hybridized carbons (Fsp3) is 0.385. The van der Waals surface area contributed by atoms with Crippen LogP contribution in [0.3, 0.4) is 0 Å². The van der Waals surface area contributed by atoms with E-state index in [9.17, 15) is 10.1 Å². The Morgan fingerprint density at radius 2 is 2.33 bits per heavy atom. The number of terminal acetylenes is 1. The van der Waals surface area contributed by atoms with Gasteiger partial charge in [0.15, 0.2) is 0 Å². The van der Waals surface area contributed by atoms with Gasteiger partial charge in [0.25, 0.3) is 5.69 Å². The van der Waals surface area contributed by atoms with Crippen molar-refractivity contribution in [2.75, 3.05) is 12.4 Å². The molecule has 0 radical (unpaired) electrons. The highest BCUT2D eigenvalue weighted by atomic mass is 16.6. The first-order valence-corrected chi connectivity index (χ1v) is 5.67. The van der Waals surface area contributed by atoms with Crippen LogP contribution in [0.4, 0.5) is 11.4 Å². The second kappa shape index (κ2) is 6.50. The minimum atomic E-state index is -0.454. The Hall–Kier alpha value is -2.22. The monoisotopic (exact) mass is 248 g/mol. The molecule has 1 aromatic carbocycles. The molecule has 0 aliphatic rings. The van der Waals surface area contributed by atoms with Gasteiger partial charge in [-0.2, -0.15) is 0 Å². The summed E-state index contributed by atoms with van der Waals surface area (Å²) in [5.74, 6) is 3.03. The maximum absolute atomic E-state index is 11.0. The fourth-order valence-corrected chi connectivity index (χ4v) is 1.59. The van der Waals surface area contributed by atoms with Crippen molar-refractivity contribution in [1.29, 1.82) is 0 Å². The van der Waals surface area contributed by atoms with Gasteiger partial charge in [-0.05, 0) is 18.6 Å². The van der Waals surface area contributed by atoms with Crippen molar-refractivity contribution in [1.82, 2.24) is 0 Å². The van der Waals surface area contributed by atoms with Crippen LogP contribution in [0.5, 0.6) is 5.75 Å². The van der Waals surface area contributed by atoms with Crippen LogP contribution in [0.15, 0.2) is 18.2 Å². The van der Waals surface area contributed by atoms with Crippen molar-refractivity contribution in [2.45, 2.75) is 25.8 Å². The Bertz CT molecular complexity index is 466. The Labute approximate surface area is 106 Å². The van der Waals surface area contributed by atoms with Crippen molar-refractivity contribution < 1.29 is 9.66 Å². The minimum Gasteiger partial charge on any atom is -0.496 e. The average molecular weight is 248 g/mol. The number of rotatable bonds is 6. The molecular formula is C13H16N2O3. The highest BCUT2D eigenvalue weighted by molar-refractivity contribution is 5.64. The van der Waals surface area contributed by atoms with E-state index < -0.39 is 4.92 Å². The zero-order valence-corrected chi connectivity index (χ0v) is 10.5. The lowest BCUT2D eigenvalue weighted by atomic mass is 10.1. The smallest absolute Gasteiger partial charge is 0.296 e. The summed E-state index contributed by atoms with van der Waals surface area (Å²) >= 11 is 0. The number of ether oxygens (including phenoxy) is 1. The molecule has 0 spiro atoms. The molecule has 1 unspecified atom stereocenters. The standard InChI is InChI=1S/C13H16N2O3/c1-4-6-10(5-2)14-12-8-7-11(18-3)9-13(12)15(16)17/h2,7-10,14H,4,6H2,1,3H3. The van der Waals surface area contributed by atoms with E-state index >= 15 is 0 Å². The van der Waals surface area contributed by atoms with Gasteiger partial charge >= 0.3 is 0 Å². The molecular weight excluding hydrogens is 232 g/mol. The van der Waals surface area contributed by atoms with Crippen molar-refractivity contribution in [2.24, 2.45) is 0 Å². The third kappa shape index (κ3) is 3.39. The van der Waals surface area contributed by atoms with E-state index in [1.807, 2.05) is 6.92 Å².